The molecule has 0 bridgehead atoms. The van der Waals surface area contributed by atoms with Gasteiger partial charge in [-0.1, -0.05) is 0 Å². The second-order valence-electron chi connectivity index (χ2n) is 7.03. The van der Waals surface area contributed by atoms with E-state index in [0.29, 0.717) is 12.1 Å². The molecule has 0 aliphatic carbocycles. The van der Waals surface area contributed by atoms with Crippen LogP contribution in [0.3, 0.4) is 0 Å². The highest BCUT2D eigenvalue weighted by atomic mass is 16.3. The van der Waals surface area contributed by atoms with Crippen molar-refractivity contribution in [2.75, 3.05) is 45.8 Å². The van der Waals surface area contributed by atoms with Crippen molar-refractivity contribution in [3.05, 3.63) is 24.2 Å². The maximum absolute atomic E-state index is 5.62. The van der Waals surface area contributed by atoms with Crippen molar-refractivity contribution >= 4 is 0 Å². The largest absolute Gasteiger partial charge is 0.468 e. The lowest BCUT2D eigenvalue weighted by molar-refractivity contribution is 0.103. The third-order valence-electron chi connectivity index (χ3n) is 5.29. The number of likely N-dealkylation sites (tertiary alicyclic amines) is 1. The summed E-state index contributed by atoms with van der Waals surface area (Å²) in [4.78, 5) is 7.84. The van der Waals surface area contributed by atoms with Crippen LogP contribution in [0, 0.1) is 0 Å². The number of rotatable bonds is 6. The van der Waals surface area contributed by atoms with Gasteiger partial charge in [0.25, 0.3) is 0 Å². The molecule has 1 aromatic rings. The van der Waals surface area contributed by atoms with Gasteiger partial charge in [0.1, 0.15) is 5.76 Å². The SMILES string of the molecule is CC(C)N1CCN(CCCN2CCC[C@@H]2c2ccco2)CC1. The number of hydrogen-bond acceptors (Lipinski definition) is 4. The minimum Gasteiger partial charge on any atom is -0.468 e. The van der Waals surface area contributed by atoms with Crippen molar-refractivity contribution < 1.29 is 4.42 Å². The summed E-state index contributed by atoms with van der Waals surface area (Å²) in [6.45, 7) is 13.2. The molecule has 22 heavy (non-hydrogen) atoms. The molecule has 2 aliphatic heterocycles. The van der Waals surface area contributed by atoms with Crippen LogP contribution in [0.2, 0.25) is 0 Å². The van der Waals surface area contributed by atoms with Crippen LogP contribution in [0.4, 0.5) is 0 Å². The molecule has 2 fully saturated rings. The summed E-state index contributed by atoms with van der Waals surface area (Å²) in [6.07, 6.45) is 5.64. The Hall–Kier alpha value is -0.840. The summed E-state index contributed by atoms with van der Waals surface area (Å²) in [5, 5.41) is 0. The predicted octanol–water partition coefficient (Wildman–Crippen LogP) is 2.83. The van der Waals surface area contributed by atoms with E-state index in [4.69, 9.17) is 4.42 Å². The molecule has 1 atom stereocenters. The van der Waals surface area contributed by atoms with Gasteiger partial charge in [0.2, 0.25) is 0 Å². The van der Waals surface area contributed by atoms with Crippen LogP contribution in [-0.2, 0) is 0 Å². The first-order valence-corrected chi connectivity index (χ1v) is 8.98. The van der Waals surface area contributed by atoms with E-state index >= 15 is 0 Å². The Morgan fingerprint density at radius 3 is 2.64 bits per heavy atom. The smallest absolute Gasteiger partial charge is 0.120 e. The van der Waals surface area contributed by atoms with Crippen LogP contribution in [0.1, 0.15) is 44.9 Å². The fourth-order valence-corrected chi connectivity index (χ4v) is 3.90. The number of furan rings is 1. The zero-order chi connectivity index (χ0) is 15.4. The molecule has 0 aromatic carbocycles. The Morgan fingerprint density at radius 1 is 1.14 bits per heavy atom. The van der Waals surface area contributed by atoms with Crippen LogP contribution in [0.15, 0.2) is 22.8 Å². The summed E-state index contributed by atoms with van der Waals surface area (Å²) in [5.74, 6) is 1.16. The zero-order valence-electron chi connectivity index (χ0n) is 14.2. The van der Waals surface area contributed by atoms with Gasteiger partial charge in [0, 0.05) is 38.8 Å². The first-order valence-electron chi connectivity index (χ1n) is 8.98. The normalized spacial score (nSPS) is 25.3. The summed E-state index contributed by atoms with van der Waals surface area (Å²) in [5.41, 5.74) is 0. The van der Waals surface area contributed by atoms with Crippen molar-refractivity contribution in [2.24, 2.45) is 0 Å². The van der Waals surface area contributed by atoms with E-state index in [1.54, 1.807) is 6.26 Å². The molecule has 0 radical (unpaired) electrons. The molecule has 4 heteroatoms. The van der Waals surface area contributed by atoms with Gasteiger partial charge in [-0.25, -0.2) is 0 Å². The Morgan fingerprint density at radius 2 is 1.95 bits per heavy atom. The average molecular weight is 305 g/mol. The minimum absolute atomic E-state index is 0.521. The summed E-state index contributed by atoms with van der Waals surface area (Å²) in [7, 11) is 0. The molecule has 3 rings (SSSR count). The first kappa shape index (κ1) is 16.0. The van der Waals surface area contributed by atoms with Crippen LogP contribution in [0.5, 0.6) is 0 Å². The molecule has 4 nitrogen and oxygen atoms in total. The highest BCUT2D eigenvalue weighted by molar-refractivity contribution is 5.06. The maximum Gasteiger partial charge on any atom is 0.120 e. The summed E-state index contributed by atoms with van der Waals surface area (Å²) >= 11 is 0. The van der Waals surface area contributed by atoms with E-state index < -0.39 is 0 Å². The van der Waals surface area contributed by atoms with Crippen molar-refractivity contribution in [1.82, 2.24) is 14.7 Å². The Labute approximate surface area is 135 Å². The molecule has 124 valence electrons. The van der Waals surface area contributed by atoms with Gasteiger partial charge in [-0.3, -0.25) is 9.80 Å². The van der Waals surface area contributed by atoms with Crippen LogP contribution >= 0.6 is 0 Å². The number of hydrogen-bond donors (Lipinski definition) is 0. The second kappa shape index (κ2) is 7.62. The summed E-state index contributed by atoms with van der Waals surface area (Å²) in [6, 6.07) is 5.36. The molecule has 1 aromatic heterocycles. The number of nitrogens with zero attached hydrogens (tertiary/aromatic N) is 3. The minimum atomic E-state index is 0.521. The standard InChI is InChI=1S/C18H31N3O/c1-16(2)20-13-11-19(12-14-20)8-5-10-21-9-3-6-17(21)18-7-4-15-22-18/h4,7,15-17H,3,5-6,8-14H2,1-2H3/t17-/m1/s1. The molecule has 0 unspecified atom stereocenters. The van der Waals surface area contributed by atoms with Gasteiger partial charge in [0.15, 0.2) is 0 Å². The molecular weight excluding hydrogens is 274 g/mol. The lowest BCUT2D eigenvalue weighted by Crippen LogP contribution is -2.49. The van der Waals surface area contributed by atoms with E-state index in [9.17, 15) is 0 Å². The monoisotopic (exact) mass is 305 g/mol. The van der Waals surface area contributed by atoms with E-state index in [-0.39, 0.29) is 0 Å². The van der Waals surface area contributed by atoms with Crippen molar-refractivity contribution in [1.29, 1.82) is 0 Å². The van der Waals surface area contributed by atoms with Crippen molar-refractivity contribution in [3.63, 3.8) is 0 Å². The molecule has 2 saturated heterocycles. The van der Waals surface area contributed by atoms with E-state index in [1.165, 1.54) is 65.1 Å². The maximum atomic E-state index is 5.62. The molecule has 0 spiro atoms. The van der Waals surface area contributed by atoms with Gasteiger partial charge in [0.05, 0.1) is 12.3 Å². The average Bonchev–Trinajstić information content (AvgIpc) is 3.18. The molecule has 0 saturated carbocycles. The van der Waals surface area contributed by atoms with Crippen LogP contribution in [0.25, 0.3) is 0 Å². The summed E-state index contributed by atoms with van der Waals surface area (Å²) < 4.78 is 5.62. The predicted molar refractivity (Wildman–Crippen MR) is 90.0 cm³/mol. The first-order chi connectivity index (χ1) is 10.7. The quantitative estimate of drug-likeness (QED) is 0.806. The highest BCUT2D eigenvalue weighted by Crippen LogP contribution is 2.31. The fraction of sp³-hybridized carbons (Fsp3) is 0.778. The third-order valence-corrected chi connectivity index (χ3v) is 5.29. The second-order valence-corrected chi connectivity index (χ2v) is 7.03. The molecular formula is C18H31N3O. The van der Waals surface area contributed by atoms with Gasteiger partial charge in [-0.05, 0) is 58.3 Å². The Bertz CT molecular complexity index is 424. The van der Waals surface area contributed by atoms with Crippen LogP contribution < -0.4 is 0 Å². The van der Waals surface area contributed by atoms with Crippen molar-refractivity contribution in [2.45, 2.75) is 45.2 Å². The van der Waals surface area contributed by atoms with E-state index in [1.807, 2.05) is 6.07 Å². The Balaban J connectivity index is 1.38. The molecule has 2 aliphatic rings. The van der Waals surface area contributed by atoms with Gasteiger partial charge in [-0.15, -0.1) is 0 Å². The van der Waals surface area contributed by atoms with E-state index in [2.05, 4.69) is 34.6 Å². The number of piperazine rings is 1. The lowest BCUT2D eigenvalue weighted by atomic mass is 10.1. The molecule has 0 N–H and O–H groups in total. The van der Waals surface area contributed by atoms with E-state index in [0.717, 1.165) is 5.76 Å². The van der Waals surface area contributed by atoms with Crippen LogP contribution in [-0.4, -0.2) is 66.6 Å². The topological polar surface area (TPSA) is 22.9 Å². The van der Waals surface area contributed by atoms with Crippen molar-refractivity contribution in [3.8, 4) is 0 Å². The highest BCUT2D eigenvalue weighted by Gasteiger charge is 2.27. The van der Waals surface area contributed by atoms with Gasteiger partial charge in [-0.2, -0.15) is 0 Å². The molecule has 3 heterocycles. The fourth-order valence-electron chi connectivity index (χ4n) is 3.90. The zero-order valence-corrected chi connectivity index (χ0v) is 14.2. The Kier molecular flexibility index (Phi) is 5.55. The molecule has 0 amide bonds. The van der Waals surface area contributed by atoms with Gasteiger partial charge >= 0.3 is 0 Å². The van der Waals surface area contributed by atoms with Gasteiger partial charge < -0.3 is 9.32 Å². The third kappa shape index (κ3) is 3.92. The lowest BCUT2D eigenvalue weighted by Gasteiger charge is -2.37.